The van der Waals surface area contributed by atoms with Crippen LogP contribution in [0.1, 0.15) is 30.4 Å². The Kier molecular flexibility index (Phi) is 6.78. The lowest BCUT2D eigenvalue weighted by molar-refractivity contribution is -0.121. The Morgan fingerprint density at radius 3 is 2.38 bits per heavy atom. The van der Waals surface area contributed by atoms with E-state index in [-0.39, 0.29) is 11.7 Å². The third kappa shape index (κ3) is 5.95. The van der Waals surface area contributed by atoms with Crippen LogP contribution in [-0.2, 0) is 17.8 Å². The van der Waals surface area contributed by atoms with Crippen molar-refractivity contribution in [2.75, 3.05) is 19.6 Å². The van der Waals surface area contributed by atoms with Crippen LogP contribution in [0.4, 0.5) is 4.39 Å². The van der Waals surface area contributed by atoms with Gasteiger partial charge < -0.3 is 10.2 Å². The highest BCUT2D eigenvalue weighted by Gasteiger charge is 2.19. The zero-order valence-electron chi connectivity index (χ0n) is 15.2. The van der Waals surface area contributed by atoms with Crippen molar-refractivity contribution in [2.45, 2.75) is 32.2 Å². The van der Waals surface area contributed by atoms with Gasteiger partial charge in [0.25, 0.3) is 0 Å². The summed E-state index contributed by atoms with van der Waals surface area (Å²) < 4.78 is 12.9. The molecule has 138 valence electrons. The van der Waals surface area contributed by atoms with Crippen molar-refractivity contribution in [3.8, 4) is 0 Å². The van der Waals surface area contributed by atoms with Crippen LogP contribution in [0.15, 0.2) is 54.6 Å². The number of carbonyl (C=O) groups is 1. The molecule has 0 aromatic heterocycles. The molecular formula is C22H27FN2O. The van der Waals surface area contributed by atoms with E-state index in [4.69, 9.17) is 0 Å². The number of hydrogen-bond donors (Lipinski definition) is 1. The fraction of sp³-hybridized carbons (Fsp3) is 0.409. The van der Waals surface area contributed by atoms with E-state index in [2.05, 4.69) is 40.5 Å². The number of amides is 1. The molecule has 0 spiro atoms. The van der Waals surface area contributed by atoms with Crippen LogP contribution >= 0.6 is 0 Å². The molecule has 3 rings (SSSR count). The molecule has 1 N–H and O–H groups in total. The minimum absolute atomic E-state index is 0.0562. The van der Waals surface area contributed by atoms with Gasteiger partial charge in [-0.15, -0.1) is 0 Å². The fourth-order valence-electron chi connectivity index (χ4n) is 3.51. The third-order valence-electron chi connectivity index (χ3n) is 5.13. The van der Waals surface area contributed by atoms with E-state index in [1.807, 2.05) is 0 Å². The maximum atomic E-state index is 12.9. The number of carbonyl (C=O) groups excluding carboxylic acids is 1. The van der Waals surface area contributed by atoms with Gasteiger partial charge >= 0.3 is 0 Å². The number of likely N-dealkylation sites (tertiary alicyclic amines) is 1. The molecule has 2 aromatic carbocycles. The van der Waals surface area contributed by atoms with Gasteiger partial charge in [-0.1, -0.05) is 42.5 Å². The lowest BCUT2D eigenvalue weighted by atomic mass is 9.90. The summed E-state index contributed by atoms with van der Waals surface area (Å²) in [6.07, 6.45) is 4.08. The van der Waals surface area contributed by atoms with Crippen LogP contribution in [0.2, 0.25) is 0 Å². The molecule has 0 aliphatic carbocycles. The molecule has 0 unspecified atom stereocenters. The molecule has 1 saturated heterocycles. The molecule has 1 aliphatic rings. The lowest BCUT2D eigenvalue weighted by Gasteiger charge is -2.31. The smallest absolute Gasteiger partial charge is 0.221 e. The molecule has 1 amide bonds. The molecule has 1 aliphatic heterocycles. The van der Waals surface area contributed by atoms with Crippen molar-refractivity contribution < 1.29 is 9.18 Å². The first-order chi connectivity index (χ1) is 12.7. The van der Waals surface area contributed by atoms with Gasteiger partial charge in [0.15, 0.2) is 0 Å². The SMILES string of the molecule is O=C(CCN1CCC(Cc2ccccc2)CC1)NCc1ccc(F)cc1. The molecule has 2 aromatic rings. The molecule has 0 radical (unpaired) electrons. The van der Waals surface area contributed by atoms with E-state index in [1.54, 1.807) is 12.1 Å². The molecule has 3 nitrogen and oxygen atoms in total. The highest BCUT2D eigenvalue weighted by atomic mass is 19.1. The Hall–Kier alpha value is -2.20. The molecule has 0 atom stereocenters. The molecule has 26 heavy (non-hydrogen) atoms. The van der Waals surface area contributed by atoms with E-state index < -0.39 is 0 Å². The first-order valence-corrected chi connectivity index (χ1v) is 9.46. The van der Waals surface area contributed by atoms with Gasteiger partial charge in [0.1, 0.15) is 5.82 Å². The summed E-state index contributed by atoms with van der Waals surface area (Å²) in [4.78, 5) is 14.4. The van der Waals surface area contributed by atoms with Crippen LogP contribution in [0.25, 0.3) is 0 Å². The van der Waals surface area contributed by atoms with Gasteiger partial charge in [-0.25, -0.2) is 4.39 Å². The Morgan fingerprint density at radius 1 is 1.00 bits per heavy atom. The highest BCUT2D eigenvalue weighted by Crippen LogP contribution is 2.21. The van der Waals surface area contributed by atoms with Crippen molar-refractivity contribution in [1.29, 1.82) is 0 Å². The monoisotopic (exact) mass is 354 g/mol. The largest absolute Gasteiger partial charge is 0.352 e. The van der Waals surface area contributed by atoms with Crippen molar-refractivity contribution in [3.63, 3.8) is 0 Å². The molecule has 4 heteroatoms. The Labute approximate surface area is 155 Å². The normalized spacial score (nSPS) is 15.7. The van der Waals surface area contributed by atoms with E-state index in [9.17, 15) is 9.18 Å². The number of rotatable bonds is 7. The second-order valence-electron chi connectivity index (χ2n) is 7.13. The summed E-state index contributed by atoms with van der Waals surface area (Å²) in [7, 11) is 0. The summed E-state index contributed by atoms with van der Waals surface area (Å²) in [5.41, 5.74) is 2.34. The quantitative estimate of drug-likeness (QED) is 0.820. The number of hydrogen-bond acceptors (Lipinski definition) is 2. The zero-order chi connectivity index (χ0) is 18.2. The van der Waals surface area contributed by atoms with E-state index in [0.717, 1.165) is 37.5 Å². The van der Waals surface area contributed by atoms with Gasteiger partial charge in [0.2, 0.25) is 5.91 Å². The lowest BCUT2D eigenvalue weighted by Crippen LogP contribution is -2.37. The number of benzene rings is 2. The maximum Gasteiger partial charge on any atom is 0.221 e. The van der Waals surface area contributed by atoms with Crippen molar-refractivity contribution in [3.05, 3.63) is 71.5 Å². The van der Waals surface area contributed by atoms with Gasteiger partial charge in [-0.05, 0) is 61.5 Å². The third-order valence-corrected chi connectivity index (χ3v) is 5.13. The van der Waals surface area contributed by atoms with Crippen LogP contribution in [0.5, 0.6) is 0 Å². The summed E-state index contributed by atoms with van der Waals surface area (Å²) in [6, 6.07) is 16.9. The molecule has 0 saturated carbocycles. The average molecular weight is 354 g/mol. The second kappa shape index (κ2) is 9.48. The van der Waals surface area contributed by atoms with E-state index >= 15 is 0 Å². The van der Waals surface area contributed by atoms with Crippen LogP contribution in [0, 0.1) is 11.7 Å². The maximum absolute atomic E-state index is 12.9. The summed E-state index contributed by atoms with van der Waals surface area (Å²) in [5, 5.41) is 2.91. The zero-order valence-corrected chi connectivity index (χ0v) is 15.2. The number of halogens is 1. The summed E-state index contributed by atoms with van der Waals surface area (Å²) in [6.45, 7) is 3.41. The first-order valence-electron chi connectivity index (χ1n) is 9.46. The highest BCUT2D eigenvalue weighted by molar-refractivity contribution is 5.76. The number of piperidine rings is 1. The van der Waals surface area contributed by atoms with Gasteiger partial charge in [-0.3, -0.25) is 4.79 Å². The van der Waals surface area contributed by atoms with Gasteiger partial charge in [0.05, 0.1) is 0 Å². The van der Waals surface area contributed by atoms with Gasteiger partial charge in [-0.2, -0.15) is 0 Å². The van der Waals surface area contributed by atoms with E-state index in [1.165, 1.54) is 30.5 Å². The Bertz CT molecular complexity index is 679. The van der Waals surface area contributed by atoms with Crippen molar-refractivity contribution in [1.82, 2.24) is 10.2 Å². The summed E-state index contributed by atoms with van der Waals surface area (Å²) in [5.74, 6) is 0.553. The predicted octanol–water partition coefficient (Wildman–Crippen LogP) is 3.79. The molecule has 1 heterocycles. The number of nitrogens with one attached hydrogen (secondary N) is 1. The topological polar surface area (TPSA) is 32.3 Å². The van der Waals surface area contributed by atoms with Crippen LogP contribution < -0.4 is 5.32 Å². The second-order valence-corrected chi connectivity index (χ2v) is 7.13. The van der Waals surface area contributed by atoms with Crippen molar-refractivity contribution in [2.24, 2.45) is 5.92 Å². The molecular weight excluding hydrogens is 327 g/mol. The average Bonchev–Trinajstić information content (AvgIpc) is 2.68. The summed E-state index contributed by atoms with van der Waals surface area (Å²) >= 11 is 0. The minimum atomic E-state index is -0.254. The molecule has 1 fully saturated rings. The predicted molar refractivity (Wildman–Crippen MR) is 102 cm³/mol. The van der Waals surface area contributed by atoms with Gasteiger partial charge in [0, 0.05) is 19.5 Å². The van der Waals surface area contributed by atoms with Crippen molar-refractivity contribution >= 4 is 5.91 Å². The Balaban J connectivity index is 1.32. The standard InChI is InChI=1S/C22H27FN2O/c23-21-8-6-20(7-9-21)17-24-22(26)12-15-25-13-10-19(11-14-25)16-18-4-2-1-3-5-18/h1-9,19H,10-17H2,(H,24,26). The number of nitrogens with zero attached hydrogens (tertiary/aromatic N) is 1. The van der Waals surface area contributed by atoms with E-state index in [0.29, 0.717) is 13.0 Å². The fourth-order valence-corrected chi connectivity index (χ4v) is 3.51. The minimum Gasteiger partial charge on any atom is -0.352 e. The van der Waals surface area contributed by atoms with Crippen LogP contribution in [0.3, 0.4) is 0 Å². The Morgan fingerprint density at radius 2 is 1.69 bits per heavy atom. The van der Waals surface area contributed by atoms with Crippen LogP contribution in [-0.4, -0.2) is 30.4 Å². The first kappa shape index (κ1) is 18.6. The molecule has 0 bridgehead atoms.